The molecule has 0 saturated carbocycles. The number of amides is 1. The standard InChI is InChI=1S/C19H22N2O4S/c1-4-13(2)20-19(23)16-8-6-10-18(12-16)26(24,25)21-17-9-5-7-15(11-17)14(3)22/h5-13,21H,4H2,1-3H3,(H,20,23). The number of anilines is 1. The number of hydrogen-bond donors (Lipinski definition) is 2. The highest BCUT2D eigenvalue weighted by Crippen LogP contribution is 2.18. The Labute approximate surface area is 153 Å². The van der Waals surface area contributed by atoms with Crippen LogP contribution in [0.15, 0.2) is 53.4 Å². The van der Waals surface area contributed by atoms with Crippen LogP contribution in [-0.4, -0.2) is 26.2 Å². The van der Waals surface area contributed by atoms with E-state index >= 15 is 0 Å². The van der Waals surface area contributed by atoms with E-state index in [0.717, 1.165) is 6.42 Å². The number of ketones is 1. The number of carbonyl (C=O) groups excluding carboxylic acids is 2. The van der Waals surface area contributed by atoms with Gasteiger partial charge in [-0.15, -0.1) is 0 Å². The van der Waals surface area contributed by atoms with Gasteiger partial charge in [0.05, 0.1) is 4.90 Å². The van der Waals surface area contributed by atoms with Crippen molar-refractivity contribution in [3.8, 4) is 0 Å². The van der Waals surface area contributed by atoms with E-state index in [1.54, 1.807) is 24.3 Å². The van der Waals surface area contributed by atoms with Crippen molar-refractivity contribution in [2.45, 2.75) is 38.1 Å². The summed E-state index contributed by atoms with van der Waals surface area (Å²) in [5.41, 5.74) is 0.963. The molecule has 138 valence electrons. The minimum absolute atomic E-state index is 0.00444. The van der Waals surface area contributed by atoms with Crippen LogP contribution in [0.1, 0.15) is 47.9 Å². The van der Waals surface area contributed by atoms with Gasteiger partial charge in [0.15, 0.2) is 5.78 Å². The van der Waals surface area contributed by atoms with Crippen LogP contribution in [0.25, 0.3) is 0 Å². The molecule has 0 heterocycles. The van der Waals surface area contributed by atoms with Crippen molar-refractivity contribution in [3.05, 3.63) is 59.7 Å². The lowest BCUT2D eigenvalue weighted by Crippen LogP contribution is -2.32. The molecule has 0 radical (unpaired) electrons. The number of benzene rings is 2. The first-order valence-corrected chi connectivity index (χ1v) is 9.76. The quantitative estimate of drug-likeness (QED) is 0.728. The molecule has 2 aromatic rings. The van der Waals surface area contributed by atoms with Gasteiger partial charge >= 0.3 is 0 Å². The molecule has 0 aliphatic heterocycles. The maximum atomic E-state index is 12.6. The van der Waals surface area contributed by atoms with Crippen molar-refractivity contribution in [3.63, 3.8) is 0 Å². The van der Waals surface area contributed by atoms with Crippen LogP contribution >= 0.6 is 0 Å². The van der Waals surface area contributed by atoms with Crippen LogP contribution in [0.5, 0.6) is 0 Å². The molecule has 0 bridgehead atoms. The lowest BCUT2D eigenvalue weighted by Gasteiger charge is -2.13. The van der Waals surface area contributed by atoms with Crippen molar-refractivity contribution in [1.82, 2.24) is 5.32 Å². The third-order valence-corrected chi connectivity index (χ3v) is 5.30. The van der Waals surface area contributed by atoms with Gasteiger partial charge in [-0.3, -0.25) is 14.3 Å². The first-order chi connectivity index (χ1) is 12.2. The summed E-state index contributed by atoms with van der Waals surface area (Å²) in [4.78, 5) is 23.6. The second kappa shape index (κ2) is 8.14. The summed E-state index contributed by atoms with van der Waals surface area (Å²) < 4.78 is 27.7. The molecule has 2 rings (SSSR count). The van der Waals surface area contributed by atoms with E-state index in [0.29, 0.717) is 5.56 Å². The number of hydrogen-bond acceptors (Lipinski definition) is 4. The Bertz CT molecular complexity index is 923. The van der Waals surface area contributed by atoms with Crippen molar-refractivity contribution in [2.24, 2.45) is 0 Å². The Morgan fingerprint density at radius 1 is 1.04 bits per heavy atom. The zero-order valence-electron chi connectivity index (χ0n) is 14.9. The minimum atomic E-state index is -3.89. The van der Waals surface area contributed by atoms with Crippen LogP contribution in [0.4, 0.5) is 5.69 Å². The number of nitrogens with one attached hydrogen (secondary N) is 2. The topological polar surface area (TPSA) is 92.3 Å². The lowest BCUT2D eigenvalue weighted by atomic mass is 10.1. The third-order valence-electron chi connectivity index (χ3n) is 3.92. The van der Waals surface area contributed by atoms with Gasteiger partial charge in [-0.05, 0) is 50.6 Å². The zero-order valence-corrected chi connectivity index (χ0v) is 15.8. The molecule has 1 atom stereocenters. The predicted molar refractivity (Wildman–Crippen MR) is 101 cm³/mol. The first-order valence-electron chi connectivity index (χ1n) is 8.27. The Balaban J connectivity index is 2.26. The first kappa shape index (κ1) is 19.7. The summed E-state index contributed by atoms with van der Waals surface area (Å²) in [5, 5.41) is 2.80. The fraction of sp³-hybridized carbons (Fsp3) is 0.263. The molecule has 1 unspecified atom stereocenters. The number of sulfonamides is 1. The molecule has 1 amide bonds. The molecule has 0 aliphatic carbocycles. The van der Waals surface area contributed by atoms with E-state index in [4.69, 9.17) is 0 Å². The average Bonchev–Trinajstić information content (AvgIpc) is 2.61. The molecule has 0 aliphatic rings. The number of Topliss-reactive ketones (excluding diaryl/α,β-unsaturated/α-hetero) is 1. The summed E-state index contributed by atoms with van der Waals surface area (Å²) in [7, 11) is -3.89. The summed E-state index contributed by atoms with van der Waals surface area (Å²) in [6.45, 7) is 5.24. The monoisotopic (exact) mass is 374 g/mol. The minimum Gasteiger partial charge on any atom is -0.350 e. The zero-order chi connectivity index (χ0) is 19.3. The smallest absolute Gasteiger partial charge is 0.261 e. The van der Waals surface area contributed by atoms with Gasteiger partial charge < -0.3 is 5.32 Å². The Hall–Kier alpha value is -2.67. The van der Waals surface area contributed by atoms with E-state index in [9.17, 15) is 18.0 Å². The molecule has 0 aromatic heterocycles. The molecule has 6 nitrogen and oxygen atoms in total. The molecule has 0 saturated heterocycles. The van der Waals surface area contributed by atoms with Crippen LogP contribution in [0.3, 0.4) is 0 Å². The van der Waals surface area contributed by atoms with Gasteiger partial charge in [0.1, 0.15) is 0 Å². The van der Waals surface area contributed by atoms with Crippen molar-refractivity contribution in [2.75, 3.05) is 4.72 Å². The highest BCUT2D eigenvalue weighted by molar-refractivity contribution is 7.92. The van der Waals surface area contributed by atoms with Crippen LogP contribution in [0.2, 0.25) is 0 Å². The van der Waals surface area contributed by atoms with Gasteiger partial charge in [0.2, 0.25) is 0 Å². The Morgan fingerprint density at radius 2 is 1.69 bits per heavy atom. The summed E-state index contributed by atoms with van der Waals surface area (Å²) >= 11 is 0. The third kappa shape index (κ3) is 4.92. The largest absolute Gasteiger partial charge is 0.350 e. The lowest BCUT2D eigenvalue weighted by molar-refractivity contribution is 0.0938. The average molecular weight is 374 g/mol. The molecule has 0 spiro atoms. The SMILES string of the molecule is CCC(C)NC(=O)c1cccc(S(=O)(=O)Nc2cccc(C(C)=O)c2)c1. The van der Waals surface area contributed by atoms with Gasteiger partial charge in [-0.2, -0.15) is 0 Å². The molecule has 2 N–H and O–H groups in total. The molecular weight excluding hydrogens is 352 g/mol. The maximum absolute atomic E-state index is 12.6. The summed E-state index contributed by atoms with van der Waals surface area (Å²) in [6.07, 6.45) is 0.776. The summed E-state index contributed by atoms with van der Waals surface area (Å²) in [6, 6.07) is 12.1. The van der Waals surface area contributed by atoms with Gasteiger partial charge in [0, 0.05) is 22.9 Å². The number of carbonyl (C=O) groups is 2. The second-order valence-electron chi connectivity index (χ2n) is 6.05. The van der Waals surface area contributed by atoms with E-state index in [2.05, 4.69) is 10.0 Å². The van der Waals surface area contributed by atoms with E-state index < -0.39 is 10.0 Å². The fourth-order valence-electron chi connectivity index (χ4n) is 2.23. The normalized spacial score (nSPS) is 12.3. The highest BCUT2D eigenvalue weighted by Gasteiger charge is 2.17. The van der Waals surface area contributed by atoms with Gasteiger partial charge in [-0.1, -0.05) is 25.1 Å². The number of rotatable bonds is 7. The Morgan fingerprint density at radius 3 is 2.35 bits per heavy atom. The molecule has 0 fully saturated rings. The van der Waals surface area contributed by atoms with E-state index in [-0.39, 0.29) is 33.9 Å². The molecule has 7 heteroatoms. The van der Waals surface area contributed by atoms with Crippen molar-refractivity contribution in [1.29, 1.82) is 0 Å². The second-order valence-corrected chi connectivity index (χ2v) is 7.74. The molecular formula is C19H22N2O4S. The van der Waals surface area contributed by atoms with Crippen LogP contribution < -0.4 is 10.0 Å². The Kier molecular flexibility index (Phi) is 6.15. The predicted octanol–water partition coefficient (Wildman–Crippen LogP) is 3.22. The molecule has 2 aromatic carbocycles. The van der Waals surface area contributed by atoms with Crippen LogP contribution in [0, 0.1) is 0 Å². The summed E-state index contributed by atoms with van der Waals surface area (Å²) in [5.74, 6) is -0.482. The van der Waals surface area contributed by atoms with Crippen molar-refractivity contribution < 1.29 is 18.0 Å². The van der Waals surface area contributed by atoms with E-state index in [1.165, 1.54) is 31.2 Å². The van der Waals surface area contributed by atoms with E-state index in [1.807, 2.05) is 13.8 Å². The van der Waals surface area contributed by atoms with Gasteiger partial charge in [0.25, 0.3) is 15.9 Å². The van der Waals surface area contributed by atoms with Crippen molar-refractivity contribution >= 4 is 27.4 Å². The van der Waals surface area contributed by atoms with Gasteiger partial charge in [-0.25, -0.2) is 8.42 Å². The highest BCUT2D eigenvalue weighted by atomic mass is 32.2. The molecule has 26 heavy (non-hydrogen) atoms. The maximum Gasteiger partial charge on any atom is 0.261 e. The van der Waals surface area contributed by atoms with Crippen LogP contribution in [-0.2, 0) is 10.0 Å². The fourth-order valence-corrected chi connectivity index (χ4v) is 3.32.